The first-order valence-electron chi connectivity index (χ1n) is 6.44. The number of hydrogen-bond donors (Lipinski definition) is 1. The Balaban J connectivity index is 2.00. The normalized spacial score (nSPS) is 13.4. The SMILES string of the molecule is O=C1N=NC=C1c1cccc(Nc2c(Cl)c(Cl)c(Cl)c(Cl)c2Cl)c1. The lowest BCUT2D eigenvalue weighted by Gasteiger charge is -2.15. The third kappa shape index (κ3) is 3.13. The molecule has 1 heterocycles. The Morgan fingerprint density at radius 3 is 2.08 bits per heavy atom. The van der Waals surface area contributed by atoms with Crippen molar-refractivity contribution in [1.82, 2.24) is 0 Å². The van der Waals surface area contributed by atoms with Gasteiger partial charge in [-0.15, -0.1) is 5.11 Å². The molecule has 9 heteroatoms. The number of amides is 1. The maximum absolute atomic E-state index is 11.6. The van der Waals surface area contributed by atoms with Crippen LogP contribution in [0.2, 0.25) is 25.1 Å². The van der Waals surface area contributed by atoms with E-state index in [0.29, 0.717) is 22.5 Å². The van der Waals surface area contributed by atoms with E-state index in [0.717, 1.165) is 0 Å². The molecule has 0 fully saturated rings. The van der Waals surface area contributed by atoms with E-state index in [1.807, 2.05) is 0 Å². The fraction of sp³-hybridized carbons (Fsp3) is 0. The predicted octanol–water partition coefficient (Wildman–Crippen LogP) is 7.03. The number of hydrogen-bond acceptors (Lipinski definition) is 3. The Labute approximate surface area is 162 Å². The third-order valence-corrected chi connectivity index (χ3v) is 5.50. The zero-order chi connectivity index (χ0) is 17.4. The maximum atomic E-state index is 11.6. The van der Waals surface area contributed by atoms with Crippen molar-refractivity contribution >= 4 is 80.9 Å². The van der Waals surface area contributed by atoms with E-state index < -0.39 is 5.91 Å². The van der Waals surface area contributed by atoms with Gasteiger partial charge in [0.05, 0.1) is 42.6 Å². The minimum atomic E-state index is -0.402. The van der Waals surface area contributed by atoms with E-state index in [-0.39, 0.29) is 25.1 Å². The van der Waals surface area contributed by atoms with Crippen LogP contribution >= 0.6 is 58.0 Å². The van der Waals surface area contributed by atoms with E-state index in [2.05, 4.69) is 15.5 Å². The molecule has 1 aliphatic rings. The molecule has 1 aliphatic heterocycles. The maximum Gasteiger partial charge on any atom is 0.297 e. The van der Waals surface area contributed by atoms with E-state index in [4.69, 9.17) is 58.0 Å². The standard InChI is InChI=1S/C15H6Cl5N3O/c16-9-10(17)12(19)14(13(20)11(9)18)22-7-3-1-2-6(4-7)8-5-21-23-15(8)24/h1-5,22H. The molecule has 0 aliphatic carbocycles. The highest BCUT2D eigenvalue weighted by atomic mass is 35.5. The van der Waals surface area contributed by atoms with Gasteiger partial charge in [0.2, 0.25) is 0 Å². The molecule has 1 N–H and O–H groups in total. The quantitative estimate of drug-likeness (QED) is 0.427. The molecular weight excluding hydrogens is 415 g/mol. The lowest BCUT2D eigenvalue weighted by Crippen LogP contribution is -1.97. The Morgan fingerprint density at radius 1 is 0.875 bits per heavy atom. The van der Waals surface area contributed by atoms with Gasteiger partial charge in [0.25, 0.3) is 5.91 Å². The third-order valence-electron chi connectivity index (χ3n) is 3.22. The molecular formula is C15H6Cl5N3O. The van der Waals surface area contributed by atoms with Crippen molar-refractivity contribution in [3.63, 3.8) is 0 Å². The van der Waals surface area contributed by atoms with Crippen molar-refractivity contribution in [2.24, 2.45) is 10.2 Å². The summed E-state index contributed by atoms with van der Waals surface area (Å²) in [5, 5.41) is 10.6. The number of halogens is 5. The van der Waals surface area contributed by atoms with Gasteiger partial charge < -0.3 is 5.32 Å². The van der Waals surface area contributed by atoms with Crippen LogP contribution in [0.5, 0.6) is 0 Å². The van der Waals surface area contributed by atoms with Crippen molar-refractivity contribution in [1.29, 1.82) is 0 Å². The molecule has 4 nitrogen and oxygen atoms in total. The van der Waals surface area contributed by atoms with Crippen molar-refractivity contribution in [3.05, 3.63) is 61.1 Å². The Bertz CT molecular complexity index is 895. The number of nitrogens with one attached hydrogen (secondary N) is 1. The van der Waals surface area contributed by atoms with Gasteiger partial charge in [-0.1, -0.05) is 70.1 Å². The van der Waals surface area contributed by atoms with Gasteiger partial charge in [-0.3, -0.25) is 4.79 Å². The summed E-state index contributed by atoms with van der Waals surface area (Å²) in [6.45, 7) is 0. The molecule has 0 saturated heterocycles. The average molecular weight is 421 g/mol. The predicted molar refractivity (Wildman–Crippen MR) is 99.1 cm³/mol. The number of anilines is 2. The van der Waals surface area contributed by atoms with Crippen molar-refractivity contribution < 1.29 is 4.79 Å². The number of rotatable bonds is 3. The smallest absolute Gasteiger partial charge is 0.297 e. The molecule has 2 aromatic rings. The van der Waals surface area contributed by atoms with Gasteiger partial charge in [-0.2, -0.15) is 5.11 Å². The number of benzene rings is 2. The molecule has 3 rings (SSSR count). The van der Waals surface area contributed by atoms with Gasteiger partial charge >= 0.3 is 0 Å². The minimum Gasteiger partial charge on any atom is -0.353 e. The van der Waals surface area contributed by atoms with Crippen LogP contribution in [-0.2, 0) is 4.79 Å². The summed E-state index contributed by atoms with van der Waals surface area (Å²) in [4.78, 5) is 11.6. The second-order valence-corrected chi connectivity index (χ2v) is 6.60. The summed E-state index contributed by atoms with van der Waals surface area (Å²) in [5.74, 6) is -0.402. The first-order chi connectivity index (χ1) is 11.4. The summed E-state index contributed by atoms with van der Waals surface area (Å²) in [7, 11) is 0. The first kappa shape index (κ1) is 17.5. The Morgan fingerprint density at radius 2 is 1.50 bits per heavy atom. The van der Waals surface area contributed by atoms with Crippen molar-refractivity contribution in [2.45, 2.75) is 0 Å². The molecule has 0 aromatic heterocycles. The van der Waals surface area contributed by atoms with Crippen LogP contribution in [0.25, 0.3) is 5.57 Å². The lowest BCUT2D eigenvalue weighted by molar-refractivity contribution is -0.112. The van der Waals surface area contributed by atoms with Crippen LogP contribution in [0, 0.1) is 0 Å². The minimum absolute atomic E-state index is 0.0811. The van der Waals surface area contributed by atoms with E-state index in [1.54, 1.807) is 24.3 Å². The summed E-state index contributed by atoms with van der Waals surface area (Å²) in [5.41, 5.74) is 1.97. The molecule has 0 saturated carbocycles. The van der Waals surface area contributed by atoms with Crippen LogP contribution in [-0.4, -0.2) is 5.91 Å². The highest BCUT2D eigenvalue weighted by Crippen LogP contribution is 2.47. The van der Waals surface area contributed by atoms with Gasteiger partial charge in [0, 0.05) is 5.69 Å². The van der Waals surface area contributed by atoms with Gasteiger partial charge in [-0.25, -0.2) is 0 Å². The fourth-order valence-corrected chi connectivity index (χ4v) is 3.30. The fourth-order valence-electron chi connectivity index (χ4n) is 2.07. The average Bonchev–Trinajstić information content (AvgIpc) is 3.01. The monoisotopic (exact) mass is 419 g/mol. The number of carbonyl (C=O) groups is 1. The first-order valence-corrected chi connectivity index (χ1v) is 8.33. The molecule has 2 aromatic carbocycles. The van der Waals surface area contributed by atoms with Gasteiger partial charge in [-0.05, 0) is 17.7 Å². The number of azo groups is 1. The Kier molecular flexibility index (Phi) is 5.04. The van der Waals surface area contributed by atoms with E-state index in [9.17, 15) is 4.79 Å². The Hall–Kier alpha value is -1.30. The van der Waals surface area contributed by atoms with Crippen LogP contribution in [0.4, 0.5) is 11.4 Å². The van der Waals surface area contributed by atoms with Gasteiger partial charge in [0.15, 0.2) is 0 Å². The molecule has 24 heavy (non-hydrogen) atoms. The molecule has 0 atom stereocenters. The summed E-state index contributed by atoms with van der Waals surface area (Å²) in [6, 6.07) is 7.01. The zero-order valence-electron chi connectivity index (χ0n) is 11.6. The van der Waals surface area contributed by atoms with Crippen LogP contribution in [0.1, 0.15) is 5.56 Å². The number of carbonyl (C=O) groups excluding carboxylic acids is 1. The second kappa shape index (κ2) is 6.90. The molecule has 122 valence electrons. The van der Waals surface area contributed by atoms with E-state index in [1.165, 1.54) is 6.20 Å². The van der Waals surface area contributed by atoms with Gasteiger partial charge in [0.1, 0.15) is 0 Å². The molecule has 0 unspecified atom stereocenters. The van der Waals surface area contributed by atoms with Crippen LogP contribution < -0.4 is 5.32 Å². The van der Waals surface area contributed by atoms with E-state index >= 15 is 0 Å². The highest BCUT2D eigenvalue weighted by molar-refractivity contribution is 6.56. The largest absolute Gasteiger partial charge is 0.353 e. The molecule has 0 spiro atoms. The van der Waals surface area contributed by atoms with Crippen LogP contribution in [0.3, 0.4) is 0 Å². The summed E-state index contributed by atoms with van der Waals surface area (Å²) < 4.78 is 0. The zero-order valence-corrected chi connectivity index (χ0v) is 15.4. The molecule has 0 bridgehead atoms. The topological polar surface area (TPSA) is 53.8 Å². The molecule has 0 radical (unpaired) electrons. The molecule has 1 amide bonds. The van der Waals surface area contributed by atoms with Crippen molar-refractivity contribution in [3.8, 4) is 0 Å². The number of nitrogens with zero attached hydrogens (tertiary/aromatic N) is 2. The second-order valence-electron chi connectivity index (χ2n) is 4.71. The van der Waals surface area contributed by atoms with Crippen LogP contribution in [0.15, 0.2) is 40.7 Å². The lowest BCUT2D eigenvalue weighted by atomic mass is 10.1. The highest BCUT2D eigenvalue weighted by Gasteiger charge is 2.20. The summed E-state index contributed by atoms with van der Waals surface area (Å²) >= 11 is 30.5. The summed E-state index contributed by atoms with van der Waals surface area (Å²) in [6.07, 6.45) is 1.40. The van der Waals surface area contributed by atoms with Crippen molar-refractivity contribution in [2.75, 3.05) is 5.32 Å².